The summed E-state index contributed by atoms with van der Waals surface area (Å²) in [5.74, 6) is -0.523. The van der Waals surface area contributed by atoms with Crippen LogP contribution in [-0.4, -0.2) is 122 Å². The minimum atomic E-state index is -0.785. The lowest BCUT2D eigenvalue weighted by atomic mass is 10.1. The Bertz CT molecular complexity index is 1590. The second kappa shape index (κ2) is 13.0. The molecular formula is C31H37N9O5. The van der Waals surface area contributed by atoms with Crippen LogP contribution in [0.4, 0.5) is 4.79 Å². The summed E-state index contributed by atoms with van der Waals surface area (Å²) >= 11 is 0. The van der Waals surface area contributed by atoms with Crippen LogP contribution in [-0.2, 0) is 38.8 Å². The fourth-order valence-electron chi connectivity index (χ4n) is 6.20. The van der Waals surface area contributed by atoms with Gasteiger partial charge >= 0.3 is 6.03 Å². The van der Waals surface area contributed by atoms with Crippen molar-refractivity contribution in [2.45, 2.75) is 38.8 Å². The Morgan fingerprint density at radius 3 is 2.62 bits per heavy atom. The average Bonchev–Trinajstić information content (AvgIpc) is 3.46. The monoisotopic (exact) mass is 615 g/mol. The van der Waals surface area contributed by atoms with Crippen LogP contribution in [0.2, 0.25) is 0 Å². The van der Waals surface area contributed by atoms with Gasteiger partial charge in [0.25, 0.3) is 0 Å². The molecule has 3 aromatic rings. The maximum absolute atomic E-state index is 13.7. The normalized spacial score (nSPS) is 20.8. The number of benzene rings is 2. The quantitative estimate of drug-likeness (QED) is 0.368. The number of rotatable bonds is 8. The van der Waals surface area contributed by atoms with Gasteiger partial charge in [-0.05, 0) is 18.6 Å². The van der Waals surface area contributed by atoms with Crippen LogP contribution < -0.4 is 5.32 Å². The SMILES string of the molecule is C=CCN1CC(=O)N2[C@@H](C)C(=O)N(Cc3cccc4c3nnn4CC(=O)N3CCOCC3)C[C@@H]2N1C(=O)NCc1ccccc1. The first-order chi connectivity index (χ1) is 21.9. The molecule has 0 bridgehead atoms. The molecule has 3 saturated heterocycles. The summed E-state index contributed by atoms with van der Waals surface area (Å²) in [6.07, 6.45) is 0.916. The van der Waals surface area contributed by atoms with Crippen molar-refractivity contribution in [3.05, 3.63) is 72.3 Å². The highest BCUT2D eigenvalue weighted by Crippen LogP contribution is 2.28. The number of nitrogens with zero attached hydrogens (tertiary/aromatic N) is 8. The third-order valence-corrected chi connectivity index (χ3v) is 8.46. The van der Waals surface area contributed by atoms with Gasteiger partial charge in [-0.1, -0.05) is 53.8 Å². The van der Waals surface area contributed by atoms with Crippen molar-refractivity contribution in [2.24, 2.45) is 0 Å². The molecule has 2 aromatic carbocycles. The number of hydrazine groups is 1. The molecule has 2 atom stereocenters. The predicted molar refractivity (Wildman–Crippen MR) is 163 cm³/mol. The number of morpholine rings is 1. The first-order valence-corrected chi connectivity index (χ1v) is 15.1. The number of hydrogen-bond acceptors (Lipinski definition) is 8. The van der Waals surface area contributed by atoms with Gasteiger partial charge in [0.15, 0.2) is 0 Å². The fourth-order valence-corrected chi connectivity index (χ4v) is 6.20. The van der Waals surface area contributed by atoms with Crippen molar-refractivity contribution in [3.63, 3.8) is 0 Å². The summed E-state index contributed by atoms with van der Waals surface area (Å²) in [6, 6.07) is 14.0. The van der Waals surface area contributed by atoms with E-state index in [0.29, 0.717) is 43.9 Å². The number of carbonyl (C=O) groups excluding carboxylic acids is 4. The third kappa shape index (κ3) is 6.11. The zero-order valence-corrected chi connectivity index (χ0v) is 25.2. The van der Waals surface area contributed by atoms with Gasteiger partial charge in [0, 0.05) is 38.3 Å². The number of nitrogens with one attached hydrogen (secondary N) is 1. The highest BCUT2D eigenvalue weighted by molar-refractivity contribution is 5.91. The van der Waals surface area contributed by atoms with Crippen LogP contribution in [0.3, 0.4) is 0 Å². The molecule has 0 radical (unpaired) electrons. The minimum Gasteiger partial charge on any atom is -0.378 e. The van der Waals surface area contributed by atoms with E-state index in [0.717, 1.165) is 11.1 Å². The second-order valence-electron chi connectivity index (χ2n) is 11.3. The summed E-state index contributed by atoms with van der Waals surface area (Å²) < 4.78 is 6.93. The van der Waals surface area contributed by atoms with Gasteiger partial charge in [0.2, 0.25) is 17.7 Å². The molecule has 14 heteroatoms. The molecule has 0 aliphatic carbocycles. The number of hydrogen-bond donors (Lipinski definition) is 1. The highest BCUT2D eigenvalue weighted by Gasteiger charge is 2.49. The topological polar surface area (TPSA) is 136 Å². The zero-order chi connectivity index (χ0) is 31.5. The molecule has 5 amide bonds. The van der Waals surface area contributed by atoms with Crippen LogP contribution in [0.5, 0.6) is 0 Å². The van der Waals surface area contributed by atoms with E-state index in [1.165, 1.54) is 9.91 Å². The molecule has 236 valence electrons. The molecule has 3 aliphatic rings. The lowest BCUT2D eigenvalue weighted by Crippen LogP contribution is -2.75. The summed E-state index contributed by atoms with van der Waals surface area (Å²) in [5, 5.41) is 14.8. The lowest BCUT2D eigenvalue weighted by Gasteiger charge is -2.54. The van der Waals surface area contributed by atoms with Crippen molar-refractivity contribution in [1.29, 1.82) is 0 Å². The van der Waals surface area contributed by atoms with E-state index in [9.17, 15) is 19.2 Å². The molecule has 0 spiro atoms. The maximum atomic E-state index is 13.7. The van der Waals surface area contributed by atoms with Gasteiger partial charge in [-0.3, -0.25) is 14.4 Å². The molecule has 1 N–H and O–H groups in total. The summed E-state index contributed by atoms with van der Waals surface area (Å²) in [4.78, 5) is 58.5. The number of ether oxygens (including phenoxy) is 1. The van der Waals surface area contributed by atoms with Crippen LogP contribution in [0.1, 0.15) is 18.1 Å². The molecule has 14 nitrogen and oxygen atoms in total. The Kier molecular flexibility index (Phi) is 8.76. The third-order valence-electron chi connectivity index (χ3n) is 8.46. The fraction of sp³-hybridized carbons (Fsp3) is 0.419. The molecule has 0 unspecified atom stereocenters. The van der Waals surface area contributed by atoms with E-state index in [4.69, 9.17) is 4.74 Å². The average molecular weight is 616 g/mol. The predicted octanol–water partition coefficient (Wildman–Crippen LogP) is 0.804. The van der Waals surface area contributed by atoms with Gasteiger partial charge in [-0.2, -0.15) is 0 Å². The molecule has 4 heterocycles. The largest absolute Gasteiger partial charge is 0.378 e. The van der Waals surface area contributed by atoms with Crippen molar-refractivity contribution >= 4 is 34.8 Å². The Labute approximate surface area is 260 Å². The van der Waals surface area contributed by atoms with E-state index in [1.54, 1.807) is 32.5 Å². The standard InChI is InChI=1S/C31H37N9O5/c1-3-12-37-20-28(42)39-22(2)30(43)36(19-26(39)40(37)31(44)32-17-23-8-5-4-6-9-23)18-24-10-7-11-25-29(24)33-34-38(25)21-27(41)35-13-15-45-16-14-35/h3-11,22,26H,1,12-21H2,2H3,(H,32,44)/t22-,26-/m0/s1. The molecular weight excluding hydrogens is 578 g/mol. The molecule has 0 saturated carbocycles. The summed E-state index contributed by atoms with van der Waals surface area (Å²) in [5.41, 5.74) is 2.95. The summed E-state index contributed by atoms with van der Waals surface area (Å²) in [7, 11) is 0. The number of piperazine rings is 1. The van der Waals surface area contributed by atoms with Crippen LogP contribution >= 0.6 is 0 Å². The van der Waals surface area contributed by atoms with E-state index < -0.39 is 12.2 Å². The van der Waals surface area contributed by atoms with Gasteiger partial charge in [-0.15, -0.1) is 11.7 Å². The number of amides is 5. The first kappa shape index (κ1) is 30.2. The van der Waals surface area contributed by atoms with E-state index >= 15 is 0 Å². The van der Waals surface area contributed by atoms with Crippen molar-refractivity contribution in [3.8, 4) is 0 Å². The Hall–Kier alpha value is -4.82. The number of fused-ring (bicyclic) bond motifs is 2. The van der Waals surface area contributed by atoms with Crippen molar-refractivity contribution in [1.82, 2.24) is 45.0 Å². The van der Waals surface area contributed by atoms with Gasteiger partial charge < -0.3 is 24.8 Å². The van der Waals surface area contributed by atoms with Crippen LogP contribution in [0.25, 0.3) is 11.0 Å². The smallest absolute Gasteiger partial charge is 0.334 e. The van der Waals surface area contributed by atoms with Crippen LogP contribution in [0, 0.1) is 0 Å². The second-order valence-corrected chi connectivity index (χ2v) is 11.3. The molecule has 45 heavy (non-hydrogen) atoms. The van der Waals surface area contributed by atoms with Crippen molar-refractivity contribution < 1.29 is 23.9 Å². The molecule has 1 aromatic heterocycles. The van der Waals surface area contributed by atoms with Crippen molar-refractivity contribution in [2.75, 3.05) is 45.9 Å². The molecule has 3 aliphatic heterocycles. The van der Waals surface area contributed by atoms with E-state index in [-0.39, 0.29) is 56.5 Å². The maximum Gasteiger partial charge on any atom is 0.334 e. The minimum absolute atomic E-state index is 0.0466. The van der Waals surface area contributed by atoms with E-state index in [1.807, 2.05) is 48.5 Å². The highest BCUT2D eigenvalue weighted by atomic mass is 16.5. The molecule has 3 fully saturated rings. The zero-order valence-electron chi connectivity index (χ0n) is 25.2. The Morgan fingerprint density at radius 1 is 1.09 bits per heavy atom. The number of urea groups is 1. The van der Waals surface area contributed by atoms with E-state index in [2.05, 4.69) is 22.2 Å². The summed E-state index contributed by atoms with van der Waals surface area (Å²) in [6.45, 7) is 8.48. The Morgan fingerprint density at radius 2 is 1.87 bits per heavy atom. The van der Waals surface area contributed by atoms with Gasteiger partial charge in [-0.25, -0.2) is 19.5 Å². The lowest BCUT2D eigenvalue weighted by molar-refractivity contribution is -0.188. The van der Waals surface area contributed by atoms with Gasteiger partial charge in [0.1, 0.15) is 24.3 Å². The molecule has 6 rings (SSSR count). The number of carbonyl (C=O) groups is 4. The first-order valence-electron chi connectivity index (χ1n) is 15.1. The number of aromatic nitrogens is 3. The Balaban J connectivity index is 1.23. The van der Waals surface area contributed by atoms with Crippen LogP contribution in [0.15, 0.2) is 61.2 Å². The van der Waals surface area contributed by atoms with Gasteiger partial charge in [0.05, 0.1) is 31.8 Å².